The van der Waals surface area contributed by atoms with Crippen molar-refractivity contribution in [2.45, 2.75) is 18.0 Å². The SMILES string of the molecule is Cc1c(C(=O)Nc2ccc(S(=O)(=O)NCC(=O)O)cc2)nnn1-c1cccc(C(F)(F)F)c1. The molecule has 1 heterocycles. The molecule has 10 nitrogen and oxygen atoms in total. The fourth-order valence-corrected chi connectivity index (χ4v) is 3.72. The van der Waals surface area contributed by atoms with Crippen molar-refractivity contribution >= 4 is 27.6 Å². The Kier molecular flexibility index (Phi) is 6.51. The summed E-state index contributed by atoms with van der Waals surface area (Å²) in [4.78, 5) is 22.9. The number of carbonyl (C=O) groups excluding carboxylic acids is 1. The average Bonchev–Trinajstić information content (AvgIpc) is 3.14. The molecule has 0 unspecified atom stereocenters. The fourth-order valence-electron chi connectivity index (χ4n) is 2.75. The lowest BCUT2D eigenvalue weighted by Gasteiger charge is -2.09. The van der Waals surface area contributed by atoms with Crippen LogP contribution in [0.25, 0.3) is 5.69 Å². The number of carbonyl (C=O) groups is 2. The number of benzene rings is 2. The summed E-state index contributed by atoms with van der Waals surface area (Å²) in [7, 11) is -4.05. The molecule has 0 bridgehead atoms. The molecule has 3 N–H and O–H groups in total. The van der Waals surface area contributed by atoms with Gasteiger partial charge < -0.3 is 10.4 Å². The van der Waals surface area contributed by atoms with Gasteiger partial charge >= 0.3 is 12.1 Å². The second-order valence-corrected chi connectivity index (χ2v) is 8.45. The topological polar surface area (TPSA) is 143 Å². The number of rotatable bonds is 7. The highest BCUT2D eigenvalue weighted by Gasteiger charge is 2.31. The number of hydrogen-bond acceptors (Lipinski definition) is 6. The number of halogens is 3. The van der Waals surface area contributed by atoms with E-state index in [0.29, 0.717) is 0 Å². The predicted molar refractivity (Wildman–Crippen MR) is 108 cm³/mol. The lowest BCUT2D eigenvalue weighted by Crippen LogP contribution is -2.29. The van der Waals surface area contributed by atoms with Crippen LogP contribution < -0.4 is 10.0 Å². The summed E-state index contributed by atoms with van der Waals surface area (Å²) >= 11 is 0. The monoisotopic (exact) mass is 483 g/mol. The minimum atomic E-state index is -4.55. The van der Waals surface area contributed by atoms with Gasteiger partial charge in [0, 0.05) is 5.69 Å². The Balaban J connectivity index is 1.77. The number of nitrogens with one attached hydrogen (secondary N) is 2. The number of carboxylic acid groups (broad SMARTS) is 1. The second kappa shape index (κ2) is 8.99. The number of sulfonamides is 1. The van der Waals surface area contributed by atoms with E-state index < -0.39 is 40.2 Å². The van der Waals surface area contributed by atoms with Crippen LogP contribution in [0.5, 0.6) is 0 Å². The first-order chi connectivity index (χ1) is 15.4. The molecule has 0 aliphatic heterocycles. The highest BCUT2D eigenvalue weighted by atomic mass is 32.2. The quantitative estimate of drug-likeness (QED) is 0.467. The molecule has 0 atom stereocenters. The molecule has 0 fully saturated rings. The number of aliphatic carboxylic acids is 1. The van der Waals surface area contributed by atoms with Crippen molar-refractivity contribution in [1.29, 1.82) is 0 Å². The van der Waals surface area contributed by atoms with Crippen LogP contribution in [0, 0.1) is 6.92 Å². The van der Waals surface area contributed by atoms with Crippen LogP contribution in [0.4, 0.5) is 18.9 Å². The lowest BCUT2D eigenvalue weighted by molar-refractivity contribution is -0.137. The Hall–Kier alpha value is -3.78. The standard InChI is InChI=1S/C19H16F3N5O5S/c1-11-17(25-26-27(11)14-4-2-3-12(9-14)19(20,21)22)18(30)24-13-5-7-15(8-6-13)33(31,32)23-10-16(28)29/h2-9,23H,10H2,1H3,(H,24,30)(H,28,29). The average molecular weight is 483 g/mol. The smallest absolute Gasteiger partial charge is 0.416 e. The van der Waals surface area contributed by atoms with E-state index in [1.54, 1.807) is 0 Å². The zero-order chi connectivity index (χ0) is 24.4. The maximum Gasteiger partial charge on any atom is 0.416 e. The number of aromatic nitrogens is 3. The van der Waals surface area contributed by atoms with Gasteiger partial charge in [-0.15, -0.1) is 5.10 Å². The lowest BCUT2D eigenvalue weighted by atomic mass is 10.2. The van der Waals surface area contributed by atoms with Crippen LogP contribution >= 0.6 is 0 Å². The van der Waals surface area contributed by atoms with Crippen LogP contribution in [0.1, 0.15) is 21.7 Å². The van der Waals surface area contributed by atoms with Crippen molar-refractivity contribution in [3.8, 4) is 5.69 Å². The molecule has 33 heavy (non-hydrogen) atoms. The van der Waals surface area contributed by atoms with E-state index in [9.17, 15) is 31.2 Å². The summed E-state index contributed by atoms with van der Waals surface area (Å²) in [6.45, 7) is 0.667. The molecule has 0 saturated heterocycles. The number of anilines is 1. The van der Waals surface area contributed by atoms with E-state index in [1.807, 2.05) is 4.72 Å². The predicted octanol–water partition coefficient (Wildman–Crippen LogP) is 2.21. The number of carboxylic acids is 1. The maximum absolute atomic E-state index is 13.0. The van der Waals surface area contributed by atoms with Crippen molar-refractivity contribution in [3.63, 3.8) is 0 Å². The van der Waals surface area contributed by atoms with Gasteiger partial charge in [0.15, 0.2) is 5.69 Å². The second-order valence-electron chi connectivity index (χ2n) is 6.68. The zero-order valence-electron chi connectivity index (χ0n) is 16.8. The number of hydrogen-bond donors (Lipinski definition) is 3. The van der Waals surface area contributed by atoms with E-state index in [4.69, 9.17) is 5.11 Å². The summed E-state index contributed by atoms with van der Waals surface area (Å²) in [6, 6.07) is 9.25. The molecule has 14 heteroatoms. The maximum atomic E-state index is 13.0. The Bertz CT molecular complexity index is 1300. The molecule has 1 amide bonds. The highest BCUT2D eigenvalue weighted by Crippen LogP contribution is 2.30. The first-order valence-corrected chi connectivity index (χ1v) is 10.6. The molecular formula is C19H16F3N5O5S. The summed E-state index contributed by atoms with van der Waals surface area (Å²) in [6.07, 6.45) is -4.55. The van der Waals surface area contributed by atoms with Gasteiger partial charge in [-0.05, 0) is 49.4 Å². The van der Waals surface area contributed by atoms with Gasteiger partial charge in [-0.3, -0.25) is 9.59 Å². The molecule has 0 aliphatic rings. The Morgan fingerprint density at radius 1 is 1.12 bits per heavy atom. The minimum Gasteiger partial charge on any atom is -0.480 e. The normalized spacial score (nSPS) is 11.9. The first kappa shape index (κ1) is 23.9. The Morgan fingerprint density at radius 3 is 2.39 bits per heavy atom. The van der Waals surface area contributed by atoms with Gasteiger partial charge in [-0.1, -0.05) is 11.3 Å². The molecule has 0 spiro atoms. The summed E-state index contributed by atoms with van der Waals surface area (Å²) in [5, 5.41) is 18.6. The van der Waals surface area contributed by atoms with Crippen molar-refractivity contribution in [2.24, 2.45) is 0 Å². The zero-order valence-corrected chi connectivity index (χ0v) is 17.6. The third-order valence-electron chi connectivity index (χ3n) is 4.36. The van der Waals surface area contributed by atoms with E-state index in [-0.39, 0.29) is 27.7 Å². The third kappa shape index (κ3) is 5.53. The summed E-state index contributed by atoms with van der Waals surface area (Å²) in [5.41, 5.74) is -0.576. The molecule has 0 aliphatic carbocycles. The van der Waals surface area contributed by atoms with Crippen molar-refractivity contribution in [2.75, 3.05) is 11.9 Å². The van der Waals surface area contributed by atoms with Crippen molar-refractivity contribution in [1.82, 2.24) is 19.7 Å². The molecular weight excluding hydrogens is 467 g/mol. The van der Waals surface area contributed by atoms with Gasteiger partial charge in [0.2, 0.25) is 10.0 Å². The number of alkyl halides is 3. The molecule has 0 saturated carbocycles. The van der Waals surface area contributed by atoms with Gasteiger partial charge in [-0.2, -0.15) is 17.9 Å². The van der Waals surface area contributed by atoms with Gasteiger partial charge in [0.25, 0.3) is 5.91 Å². The minimum absolute atomic E-state index is 0.0669. The molecule has 1 aromatic heterocycles. The van der Waals surface area contributed by atoms with E-state index >= 15 is 0 Å². The number of nitrogens with zero attached hydrogens (tertiary/aromatic N) is 3. The van der Waals surface area contributed by atoms with E-state index in [2.05, 4.69) is 15.6 Å². The Labute approximate surface area is 185 Å². The van der Waals surface area contributed by atoms with E-state index in [0.717, 1.165) is 28.9 Å². The Morgan fingerprint density at radius 2 is 1.79 bits per heavy atom. The van der Waals surface area contributed by atoms with E-state index in [1.165, 1.54) is 31.2 Å². The van der Waals surface area contributed by atoms with Crippen LogP contribution in [0.3, 0.4) is 0 Å². The highest BCUT2D eigenvalue weighted by molar-refractivity contribution is 7.89. The molecule has 3 rings (SSSR count). The van der Waals surface area contributed by atoms with Crippen LogP contribution in [-0.2, 0) is 21.0 Å². The van der Waals surface area contributed by atoms with Gasteiger partial charge in [0.1, 0.15) is 6.54 Å². The molecule has 174 valence electrons. The van der Waals surface area contributed by atoms with Crippen molar-refractivity contribution < 1.29 is 36.3 Å². The molecule has 0 radical (unpaired) electrons. The third-order valence-corrected chi connectivity index (χ3v) is 5.78. The van der Waals surface area contributed by atoms with Crippen LogP contribution in [0.2, 0.25) is 0 Å². The summed E-state index contributed by atoms with van der Waals surface area (Å²) in [5.74, 6) is -2.07. The largest absolute Gasteiger partial charge is 0.480 e. The van der Waals surface area contributed by atoms with Gasteiger partial charge in [-0.25, -0.2) is 13.1 Å². The summed E-state index contributed by atoms with van der Waals surface area (Å²) < 4.78 is 65.9. The molecule has 3 aromatic rings. The van der Waals surface area contributed by atoms with Gasteiger partial charge in [0.05, 0.1) is 21.8 Å². The number of amides is 1. The molecule has 2 aromatic carbocycles. The first-order valence-electron chi connectivity index (χ1n) is 9.11. The van der Waals surface area contributed by atoms with Crippen molar-refractivity contribution in [3.05, 3.63) is 65.5 Å². The van der Waals surface area contributed by atoms with Crippen LogP contribution in [-0.4, -0.2) is 46.9 Å². The van der Waals surface area contributed by atoms with Crippen LogP contribution in [0.15, 0.2) is 53.4 Å². The fraction of sp³-hybridized carbons (Fsp3) is 0.158.